The van der Waals surface area contributed by atoms with Crippen molar-refractivity contribution in [3.8, 4) is 17.0 Å². The minimum Gasteiger partial charge on any atom is -0.479 e. The van der Waals surface area contributed by atoms with Crippen LogP contribution in [0.3, 0.4) is 0 Å². The number of hydrogen-bond acceptors (Lipinski definition) is 6. The van der Waals surface area contributed by atoms with Gasteiger partial charge in [-0.05, 0) is 76.1 Å². The second-order valence-corrected chi connectivity index (χ2v) is 12.8. The Labute approximate surface area is 246 Å². The van der Waals surface area contributed by atoms with Gasteiger partial charge in [-0.1, -0.05) is 26.0 Å². The van der Waals surface area contributed by atoms with Crippen LogP contribution in [0.2, 0.25) is 0 Å². The molecular weight excluding hydrogens is 540 g/mol. The Balaban J connectivity index is 1.70. The monoisotopic (exact) mass is 581 g/mol. The fraction of sp³-hybridized carbons (Fsp3) is 0.485. The minimum atomic E-state index is -1.27. The second-order valence-electron chi connectivity index (χ2n) is 12.8. The van der Waals surface area contributed by atoms with Crippen LogP contribution in [0.4, 0.5) is 14.5 Å². The van der Waals surface area contributed by atoms with E-state index in [1.165, 1.54) is 18.3 Å². The highest BCUT2D eigenvalue weighted by atomic mass is 19.1. The lowest BCUT2D eigenvalue weighted by Gasteiger charge is -2.40. The van der Waals surface area contributed by atoms with Crippen molar-refractivity contribution in [2.75, 3.05) is 24.6 Å². The van der Waals surface area contributed by atoms with Gasteiger partial charge in [0.05, 0.1) is 17.9 Å². The van der Waals surface area contributed by atoms with Crippen molar-refractivity contribution < 1.29 is 28.2 Å². The number of pyridine rings is 2. The number of anilines is 1. The maximum atomic E-state index is 15.4. The summed E-state index contributed by atoms with van der Waals surface area (Å²) >= 11 is 0. The van der Waals surface area contributed by atoms with Gasteiger partial charge in [-0.15, -0.1) is 0 Å². The molecule has 1 N–H and O–H groups in total. The number of halogens is 2. The average molecular weight is 582 g/mol. The molecule has 1 atom stereocenters. The Hall–Kier alpha value is -3.59. The summed E-state index contributed by atoms with van der Waals surface area (Å²) in [6, 6.07) is 6.17. The van der Waals surface area contributed by atoms with Crippen LogP contribution in [-0.4, -0.2) is 46.3 Å². The summed E-state index contributed by atoms with van der Waals surface area (Å²) in [5, 5.41) is 10.3. The Morgan fingerprint density at radius 3 is 2.36 bits per heavy atom. The summed E-state index contributed by atoms with van der Waals surface area (Å²) in [6.07, 6.45) is 4.20. The van der Waals surface area contributed by atoms with Gasteiger partial charge in [0.1, 0.15) is 5.82 Å². The molecule has 1 aliphatic rings. The third-order valence-electron chi connectivity index (χ3n) is 7.65. The van der Waals surface area contributed by atoms with Crippen LogP contribution >= 0.6 is 0 Å². The number of aryl methyl sites for hydroxylation is 2. The fourth-order valence-corrected chi connectivity index (χ4v) is 5.20. The zero-order valence-electron chi connectivity index (χ0n) is 25.6. The fourth-order valence-electron chi connectivity index (χ4n) is 5.20. The standard InChI is InChI=1S/C33H41F2N3O4/c1-20-16-22(8-9-25(20)34)10-15-41-30-26(35)17-23(18-37-30)24-19-36-21(2)27(29(31(39)40)42-32(3,4)5)28(24)38-13-11-33(6,7)12-14-38/h8-9,16-19,29H,10-15H2,1-7H3,(H,39,40)/t29-/m0/s1. The van der Waals surface area contributed by atoms with Crippen molar-refractivity contribution in [2.45, 2.75) is 79.4 Å². The van der Waals surface area contributed by atoms with Gasteiger partial charge in [0.25, 0.3) is 0 Å². The first kappa shape index (κ1) is 31.3. The third-order valence-corrected chi connectivity index (χ3v) is 7.65. The molecule has 2 aromatic heterocycles. The van der Waals surface area contributed by atoms with E-state index in [1.807, 2.05) is 20.8 Å². The highest BCUT2D eigenvalue weighted by Gasteiger charge is 2.36. The molecule has 226 valence electrons. The minimum absolute atomic E-state index is 0.140. The van der Waals surface area contributed by atoms with Gasteiger partial charge in [0.2, 0.25) is 5.88 Å². The predicted molar refractivity (Wildman–Crippen MR) is 159 cm³/mol. The Kier molecular flexibility index (Phi) is 9.21. The summed E-state index contributed by atoms with van der Waals surface area (Å²) in [5.74, 6) is -2.17. The summed E-state index contributed by atoms with van der Waals surface area (Å²) in [5.41, 5.74) is 3.57. The first-order valence-electron chi connectivity index (χ1n) is 14.3. The maximum absolute atomic E-state index is 15.4. The SMILES string of the molecule is Cc1cc(CCOc2ncc(-c3cnc(C)c([C@H](OC(C)(C)C)C(=O)O)c3N3CCC(C)(C)CC3)cc2F)ccc1F. The molecule has 0 amide bonds. The molecular formula is C33H41F2N3O4. The van der Waals surface area contributed by atoms with Crippen molar-refractivity contribution >= 4 is 11.7 Å². The number of carbonyl (C=O) groups is 1. The van der Waals surface area contributed by atoms with E-state index in [9.17, 15) is 14.3 Å². The Morgan fingerprint density at radius 1 is 1.07 bits per heavy atom. The molecule has 0 unspecified atom stereocenters. The first-order valence-corrected chi connectivity index (χ1v) is 14.3. The molecule has 0 radical (unpaired) electrons. The molecule has 7 nitrogen and oxygen atoms in total. The van der Waals surface area contributed by atoms with E-state index in [2.05, 4.69) is 28.7 Å². The first-order chi connectivity index (χ1) is 19.6. The average Bonchev–Trinajstić information content (AvgIpc) is 2.90. The quantitative estimate of drug-likeness (QED) is 0.285. The van der Waals surface area contributed by atoms with E-state index in [-0.39, 0.29) is 23.7 Å². The predicted octanol–water partition coefficient (Wildman–Crippen LogP) is 7.23. The number of carboxylic acids is 1. The summed E-state index contributed by atoms with van der Waals surface area (Å²) in [4.78, 5) is 23.6. The van der Waals surface area contributed by atoms with Gasteiger partial charge in [0, 0.05) is 54.3 Å². The smallest absolute Gasteiger partial charge is 0.337 e. The van der Waals surface area contributed by atoms with E-state index in [4.69, 9.17) is 9.47 Å². The number of rotatable bonds is 9. The number of nitrogens with zero attached hydrogens (tertiary/aromatic N) is 3. The van der Waals surface area contributed by atoms with Crippen LogP contribution in [0.5, 0.6) is 5.88 Å². The van der Waals surface area contributed by atoms with Crippen molar-refractivity contribution in [3.63, 3.8) is 0 Å². The number of benzene rings is 1. The van der Waals surface area contributed by atoms with E-state index in [0.717, 1.165) is 18.4 Å². The van der Waals surface area contributed by atoms with Gasteiger partial charge in [0.15, 0.2) is 11.9 Å². The van der Waals surface area contributed by atoms with Crippen LogP contribution in [0.25, 0.3) is 11.1 Å². The summed E-state index contributed by atoms with van der Waals surface area (Å²) in [6.45, 7) is 14.9. The third kappa shape index (κ3) is 7.43. The zero-order chi connectivity index (χ0) is 30.8. The lowest BCUT2D eigenvalue weighted by Crippen LogP contribution is -2.39. The van der Waals surface area contributed by atoms with Crippen LogP contribution in [-0.2, 0) is 16.0 Å². The lowest BCUT2D eigenvalue weighted by molar-refractivity contribution is -0.160. The number of aromatic nitrogens is 2. The molecule has 9 heteroatoms. The van der Waals surface area contributed by atoms with Crippen molar-refractivity contribution in [1.82, 2.24) is 9.97 Å². The highest BCUT2D eigenvalue weighted by Crippen LogP contribution is 2.43. The molecule has 3 heterocycles. The molecule has 0 aliphatic carbocycles. The molecule has 1 aromatic carbocycles. The molecule has 42 heavy (non-hydrogen) atoms. The Bertz CT molecular complexity index is 1440. The molecule has 0 saturated carbocycles. The molecule has 1 fully saturated rings. The molecule has 4 rings (SSSR count). The normalized spacial score (nSPS) is 15.9. The topological polar surface area (TPSA) is 84.8 Å². The Morgan fingerprint density at radius 2 is 1.76 bits per heavy atom. The van der Waals surface area contributed by atoms with E-state index < -0.39 is 23.5 Å². The molecule has 0 spiro atoms. The number of carboxylic acid groups (broad SMARTS) is 1. The van der Waals surface area contributed by atoms with Gasteiger partial charge < -0.3 is 19.5 Å². The van der Waals surface area contributed by atoms with Crippen LogP contribution in [0.15, 0.2) is 36.7 Å². The van der Waals surface area contributed by atoms with Crippen molar-refractivity contribution in [3.05, 3.63) is 70.7 Å². The van der Waals surface area contributed by atoms with Crippen LogP contribution in [0, 0.1) is 30.9 Å². The molecule has 1 aliphatic heterocycles. The summed E-state index contributed by atoms with van der Waals surface area (Å²) < 4.78 is 40.6. The van der Waals surface area contributed by atoms with Crippen molar-refractivity contribution in [1.29, 1.82) is 0 Å². The number of piperidine rings is 1. The molecule has 3 aromatic rings. The maximum Gasteiger partial charge on any atom is 0.337 e. The lowest BCUT2D eigenvalue weighted by atomic mass is 9.82. The largest absolute Gasteiger partial charge is 0.479 e. The zero-order valence-corrected chi connectivity index (χ0v) is 25.6. The van der Waals surface area contributed by atoms with E-state index in [1.54, 1.807) is 32.2 Å². The second kappa shape index (κ2) is 12.3. The van der Waals surface area contributed by atoms with Crippen molar-refractivity contribution in [2.24, 2.45) is 5.41 Å². The number of aliphatic carboxylic acids is 1. The van der Waals surface area contributed by atoms with Crippen LogP contribution < -0.4 is 9.64 Å². The van der Waals surface area contributed by atoms with Gasteiger partial charge in [-0.25, -0.2) is 18.6 Å². The van der Waals surface area contributed by atoms with Gasteiger partial charge in [-0.3, -0.25) is 4.98 Å². The highest BCUT2D eigenvalue weighted by molar-refractivity contribution is 5.86. The number of hydrogen-bond donors (Lipinski definition) is 1. The van der Waals surface area contributed by atoms with Crippen LogP contribution in [0.1, 0.15) is 75.9 Å². The molecule has 1 saturated heterocycles. The molecule has 0 bridgehead atoms. The van der Waals surface area contributed by atoms with Gasteiger partial charge >= 0.3 is 5.97 Å². The number of ether oxygens (including phenoxy) is 2. The van der Waals surface area contributed by atoms with Gasteiger partial charge in [-0.2, -0.15) is 0 Å². The van der Waals surface area contributed by atoms with E-state index in [0.29, 0.717) is 53.1 Å². The summed E-state index contributed by atoms with van der Waals surface area (Å²) in [7, 11) is 0. The van der Waals surface area contributed by atoms with E-state index >= 15 is 4.39 Å².